The highest BCUT2D eigenvalue weighted by molar-refractivity contribution is 6.17. The van der Waals surface area contributed by atoms with E-state index in [1.165, 1.54) is 27.5 Å². The molecule has 4 heterocycles. The summed E-state index contributed by atoms with van der Waals surface area (Å²) in [6.45, 7) is 0. The number of fused-ring (bicyclic) bond motifs is 10. The Kier molecular flexibility index (Phi) is 8.19. The van der Waals surface area contributed by atoms with Crippen LogP contribution < -0.4 is 4.74 Å². The second-order valence-corrected chi connectivity index (χ2v) is 16.9. The van der Waals surface area contributed by atoms with Crippen LogP contribution in [0.2, 0.25) is 0 Å². The molecule has 0 N–H and O–H groups in total. The Morgan fingerprint density at radius 2 is 1.32 bits per heavy atom. The third-order valence-electron chi connectivity index (χ3n) is 13.2. The number of ether oxygens (including phenoxy) is 1. The van der Waals surface area contributed by atoms with Gasteiger partial charge in [0.2, 0.25) is 0 Å². The highest BCUT2D eigenvalue weighted by atomic mass is 16.5. The lowest BCUT2D eigenvalue weighted by Crippen LogP contribution is -2.15. The molecular formula is C57H41N5O. The van der Waals surface area contributed by atoms with Crippen molar-refractivity contribution in [2.75, 3.05) is 0 Å². The van der Waals surface area contributed by atoms with Gasteiger partial charge in [0.1, 0.15) is 17.7 Å². The highest BCUT2D eigenvalue weighted by Crippen LogP contribution is 2.52. The van der Waals surface area contributed by atoms with Gasteiger partial charge in [0.25, 0.3) is 0 Å². The first-order valence-electron chi connectivity index (χ1n) is 22.0. The van der Waals surface area contributed by atoms with Crippen LogP contribution in [0.5, 0.6) is 5.75 Å². The molecule has 0 fully saturated rings. The molecule has 9 aromatic rings. The van der Waals surface area contributed by atoms with E-state index in [2.05, 4.69) is 185 Å². The minimum atomic E-state index is -0.0900. The van der Waals surface area contributed by atoms with Gasteiger partial charge in [-0.1, -0.05) is 146 Å². The minimum Gasteiger partial charge on any atom is -0.484 e. The van der Waals surface area contributed by atoms with Crippen LogP contribution in [0.25, 0.3) is 88.9 Å². The smallest absolute Gasteiger partial charge is 0.165 e. The normalized spacial score (nSPS) is 18.7. The van der Waals surface area contributed by atoms with E-state index in [0.29, 0.717) is 11.6 Å². The molecule has 3 atom stereocenters. The quantitative estimate of drug-likeness (QED) is 0.168. The predicted molar refractivity (Wildman–Crippen MR) is 257 cm³/mol. The van der Waals surface area contributed by atoms with Gasteiger partial charge in [0, 0.05) is 56.1 Å². The number of rotatable bonds is 6. The summed E-state index contributed by atoms with van der Waals surface area (Å²) < 4.78 is 11.8. The van der Waals surface area contributed by atoms with Crippen molar-refractivity contribution in [3.63, 3.8) is 0 Å². The molecule has 300 valence electrons. The van der Waals surface area contributed by atoms with Crippen LogP contribution in [0.3, 0.4) is 0 Å². The van der Waals surface area contributed by atoms with Gasteiger partial charge in [-0.05, 0) is 78.9 Å². The number of hydrogen-bond acceptors (Lipinski definition) is 4. The maximum Gasteiger partial charge on any atom is 0.165 e. The van der Waals surface area contributed by atoms with E-state index < -0.39 is 0 Å². The van der Waals surface area contributed by atoms with E-state index >= 15 is 0 Å². The maximum absolute atomic E-state index is 6.97. The van der Waals surface area contributed by atoms with Crippen LogP contribution in [-0.2, 0) is 0 Å². The van der Waals surface area contributed by atoms with E-state index in [-0.39, 0.29) is 17.9 Å². The zero-order valence-corrected chi connectivity index (χ0v) is 34.5. The van der Waals surface area contributed by atoms with Gasteiger partial charge < -0.3 is 13.9 Å². The molecule has 0 bridgehead atoms. The topological polar surface area (TPSA) is 57.8 Å². The number of para-hydroxylation sites is 2. The molecule has 4 aliphatic rings. The first-order valence-corrected chi connectivity index (χ1v) is 22.0. The van der Waals surface area contributed by atoms with Crippen LogP contribution in [0.15, 0.2) is 194 Å². The van der Waals surface area contributed by atoms with Crippen LogP contribution in [0.4, 0.5) is 0 Å². The van der Waals surface area contributed by atoms with Crippen molar-refractivity contribution in [2.24, 2.45) is 0 Å². The fraction of sp³-hybridized carbons (Fsp3) is 0.105. The summed E-state index contributed by atoms with van der Waals surface area (Å²) in [5, 5.41) is 4.73. The first-order chi connectivity index (χ1) is 31.2. The summed E-state index contributed by atoms with van der Waals surface area (Å²) in [4.78, 5) is 15.9. The zero-order chi connectivity index (χ0) is 41.4. The minimum absolute atomic E-state index is 0.0349. The van der Waals surface area contributed by atoms with Gasteiger partial charge in [-0.3, -0.25) is 0 Å². The van der Waals surface area contributed by atoms with Gasteiger partial charge in [0.05, 0.1) is 27.5 Å². The summed E-state index contributed by atoms with van der Waals surface area (Å²) in [6, 6.07) is 46.0. The third kappa shape index (κ3) is 5.75. The number of nitrogens with zero attached hydrogens (tertiary/aromatic N) is 5. The predicted octanol–water partition coefficient (Wildman–Crippen LogP) is 13.8. The molecule has 0 amide bonds. The average molecular weight is 812 g/mol. The SMILES string of the molecule is C1=CCCC(n2c3ccccc3c3ccc(-c4cccc(-n5c6ccccc6c6c7c(cc(-c8nc(-c9ccccc9)nc(C9C=CC=CC9)n8)c65)C5C=CC=CC5O7)c4)cc32)=C1. The molecule has 0 saturated heterocycles. The van der Waals surface area contributed by atoms with E-state index in [1.54, 1.807) is 0 Å². The lowest BCUT2D eigenvalue weighted by atomic mass is 9.89. The Balaban J connectivity index is 1.07. The number of aromatic nitrogens is 5. The van der Waals surface area contributed by atoms with E-state index in [4.69, 9.17) is 19.7 Å². The fourth-order valence-electron chi connectivity index (χ4n) is 10.3. The number of allylic oxidation sites excluding steroid dienone is 10. The molecule has 63 heavy (non-hydrogen) atoms. The molecular weight excluding hydrogens is 771 g/mol. The summed E-state index contributed by atoms with van der Waals surface area (Å²) in [5.41, 5.74) is 12.3. The number of hydrogen-bond donors (Lipinski definition) is 0. The van der Waals surface area contributed by atoms with Crippen molar-refractivity contribution in [2.45, 2.75) is 37.2 Å². The molecule has 6 heteroatoms. The molecule has 0 spiro atoms. The largest absolute Gasteiger partial charge is 0.484 e. The van der Waals surface area contributed by atoms with Crippen molar-refractivity contribution in [1.29, 1.82) is 0 Å². The Morgan fingerprint density at radius 1 is 0.556 bits per heavy atom. The Morgan fingerprint density at radius 3 is 2.17 bits per heavy atom. The summed E-state index contributed by atoms with van der Waals surface area (Å²) in [7, 11) is 0. The van der Waals surface area contributed by atoms with Crippen LogP contribution in [-0.4, -0.2) is 30.2 Å². The first kappa shape index (κ1) is 35.9. The van der Waals surface area contributed by atoms with Gasteiger partial charge in [0.15, 0.2) is 11.6 Å². The van der Waals surface area contributed by atoms with E-state index in [0.717, 1.165) is 86.1 Å². The molecule has 3 unspecified atom stereocenters. The van der Waals surface area contributed by atoms with Gasteiger partial charge >= 0.3 is 0 Å². The molecule has 0 radical (unpaired) electrons. The molecule has 3 aliphatic carbocycles. The summed E-state index contributed by atoms with van der Waals surface area (Å²) >= 11 is 0. The zero-order valence-electron chi connectivity index (χ0n) is 34.5. The van der Waals surface area contributed by atoms with Crippen molar-refractivity contribution < 1.29 is 4.74 Å². The average Bonchev–Trinajstić information content (AvgIpc) is 4.02. The molecule has 3 aromatic heterocycles. The lowest BCUT2D eigenvalue weighted by Gasteiger charge is -2.17. The van der Waals surface area contributed by atoms with Gasteiger partial charge in [-0.25, -0.2) is 15.0 Å². The van der Waals surface area contributed by atoms with Crippen molar-refractivity contribution in [1.82, 2.24) is 24.1 Å². The van der Waals surface area contributed by atoms with Crippen LogP contribution in [0.1, 0.15) is 42.5 Å². The van der Waals surface area contributed by atoms with Crippen molar-refractivity contribution >= 4 is 49.3 Å². The maximum atomic E-state index is 6.97. The summed E-state index contributed by atoms with van der Waals surface area (Å²) in [6.07, 6.45) is 26.8. The second kappa shape index (κ2) is 14.4. The Bertz CT molecular complexity index is 3540. The Hall–Kier alpha value is -7.83. The molecule has 13 rings (SSSR count). The third-order valence-corrected chi connectivity index (χ3v) is 13.2. The van der Waals surface area contributed by atoms with Crippen molar-refractivity contribution in [3.8, 4) is 45.3 Å². The summed E-state index contributed by atoms with van der Waals surface area (Å²) in [5.74, 6) is 3.12. The number of benzene rings is 6. The second-order valence-electron chi connectivity index (χ2n) is 16.9. The molecule has 0 saturated carbocycles. The van der Waals surface area contributed by atoms with E-state index in [9.17, 15) is 0 Å². The van der Waals surface area contributed by atoms with Crippen LogP contribution in [0, 0.1) is 0 Å². The van der Waals surface area contributed by atoms with E-state index in [1.807, 2.05) is 18.2 Å². The fourth-order valence-corrected chi connectivity index (χ4v) is 10.3. The van der Waals surface area contributed by atoms with Gasteiger partial charge in [-0.15, -0.1) is 0 Å². The standard InChI is InChI=1S/C57H41N5O/c1-4-17-36(18-5-1)55-58-56(37-19-6-2-7-20-37)60-57(59-55)47-35-46-44-26-12-15-30-51(44)63-54(46)52-45-27-11-14-29-49(45)62(53(47)52)41-24-16-21-38(33-41)39-31-32-43-42-25-10-13-28-48(42)61(50(43)34-39)40-22-8-3-9-23-40/h1-8,10-19,21-22,24-35,37,44,51H,9,20,23H2. The monoisotopic (exact) mass is 811 g/mol. The highest BCUT2D eigenvalue weighted by Gasteiger charge is 2.37. The molecule has 6 aromatic carbocycles. The lowest BCUT2D eigenvalue weighted by molar-refractivity contribution is 0.271. The Labute approximate surface area is 364 Å². The van der Waals surface area contributed by atoms with Gasteiger partial charge in [-0.2, -0.15) is 0 Å². The molecule has 1 aliphatic heterocycles. The van der Waals surface area contributed by atoms with Crippen LogP contribution >= 0.6 is 0 Å². The molecule has 6 nitrogen and oxygen atoms in total. The van der Waals surface area contributed by atoms with Crippen molar-refractivity contribution in [3.05, 3.63) is 206 Å².